The molecule has 7 fully saturated rings. The molecule has 0 radical (unpaired) electrons. The first-order valence-corrected chi connectivity index (χ1v) is 20.9. The minimum atomic E-state index is -1.01. The van der Waals surface area contributed by atoms with Gasteiger partial charge in [0.25, 0.3) is 0 Å². The van der Waals surface area contributed by atoms with Gasteiger partial charge in [-0.1, -0.05) is 13.8 Å². The van der Waals surface area contributed by atoms with Gasteiger partial charge in [0.2, 0.25) is 0 Å². The summed E-state index contributed by atoms with van der Waals surface area (Å²) < 4.78 is 42.1. The van der Waals surface area contributed by atoms with Crippen molar-refractivity contribution in [3.05, 3.63) is 11.6 Å². The molecule has 4 aliphatic heterocycles. The molecule has 0 aromatic carbocycles. The van der Waals surface area contributed by atoms with Crippen molar-refractivity contribution in [2.24, 2.45) is 34.5 Å². The second-order valence-corrected chi connectivity index (χ2v) is 18.9. The molecule has 0 aromatic rings. The number of ether oxygens (including phenoxy) is 7. The van der Waals surface area contributed by atoms with Gasteiger partial charge in [0.05, 0.1) is 54.4 Å². The zero-order valence-corrected chi connectivity index (χ0v) is 32.9. The third kappa shape index (κ3) is 7.05. The van der Waals surface area contributed by atoms with Crippen LogP contribution in [0.5, 0.6) is 0 Å². The molecule has 312 valence electrons. The molecular weight excluding hydrogens is 716 g/mol. The standard InChI is InChI=1S/C41H64O14/c1-19-36(47)27(42)14-33(50-19)54-38-21(3)52-34(16-29(38)44)55-37-20(2)51-32(15-28(37)43)53-24-8-10-39(4)23(13-24)6-7-26-25(39)9-11-40(5)35(22-12-31(46)49-18-22)30(45)17-41(26,40)48/h12,19-21,23-30,32-38,42-45,47-48H,6-11,13-18H2,1-5H3/t19?,20?,21?,23?,24-,25-,26+,27?,28?,29?,30-,32?,33?,34?,35-,36?,37?,38?,39-,40+,41-/m0/s1. The van der Waals surface area contributed by atoms with E-state index in [4.69, 9.17) is 33.2 Å². The van der Waals surface area contributed by atoms with Crippen LogP contribution in [0.2, 0.25) is 0 Å². The van der Waals surface area contributed by atoms with E-state index in [-0.39, 0.29) is 55.2 Å². The number of rotatable bonds is 7. The molecule has 6 N–H and O–H groups in total. The largest absolute Gasteiger partial charge is 0.458 e. The zero-order chi connectivity index (χ0) is 39.2. The summed E-state index contributed by atoms with van der Waals surface area (Å²) in [5.41, 5.74) is -0.686. The van der Waals surface area contributed by atoms with Crippen LogP contribution in [0.15, 0.2) is 11.6 Å². The fraction of sp³-hybridized carbons (Fsp3) is 0.927. The summed E-state index contributed by atoms with van der Waals surface area (Å²) in [6.45, 7) is 9.98. The van der Waals surface area contributed by atoms with E-state index in [0.717, 1.165) is 50.5 Å². The lowest BCUT2D eigenvalue weighted by molar-refractivity contribution is -0.336. The predicted octanol–water partition coefficient (Wildman–Crippen LogP) is 2.22. The Labute approximate surface area is 323 Å². The Morgan fingerprint density at radius 3 is 1.87 bits per heavy atom. The first-order chi connectivity index (χ1) is 26.0. The number of carbonyl (C=O) groups excluding carboxylic acids is 1. The van der Waals surface area contributed by atoms with Crippen LogP contribution in [0.4, 0.5) is 0 Å². The van der Waals surface area contributed by atoms with Crippen LogP contribution >= 0.6 is 0 Å². The Bertz CT molecular complexity index is 1410. The molecule has 4 heterocycles. The third-order valence-corrected chi connectivity index (χ3v) is 15.8. The second kappa shape index (κ2) is 15.1. The van der Waals surface area contributed by atoms with Gasteiger partial charge < -0.3 is 63.8 Å². The van der Waals surface area contributed by atoms with E-state index >= 15 is 0 Å². The van der Waals surface area contributed by atoms with Gasteiger partial charge in [-0.25, -0.2) is 4.79 Å². The summed E-state index contributed by atoms with van der Waals surface area (Å²) in [4.78, 5) is 12.0. The molecule has 0 aromatic heterocycles. The molecule has 14 nitrogen and oxygen atoms in total. The first kappa shape index (κ1) is 40.5. The topological polar surface area (TPSA) is 203 Å². The average molecular weight is 781 g/mol. The number of aliphatic hydroxyl groups excluding tert-OH is 5. The van der Waals surface area contributed by atoms with Gasteiger partial charge in [-0.2, -0.15) is 0 Å². The van der Waals surface area contributed by atoms with E-state index in [2.05, 4.69) is 13.8 Å². The number of aliphatic hydroxyl groups is 6. The minimum absolute atomic E-state index is 0.0203. The van der Waals surface area contributed by atoms with Crippen LogP contribution in [0, 0.1) is 34.5 Å². The van der Waals surface area contributed by atoms with Crippen LogP contribution in [0.3, 0.4) is 0 Å². The summed E-state index contributed by atoms with van der Waals surface area (Å²) in [6.07, 6.45) is -1.26. The molecule has 0 amide bonds. The average Bonchev–Trinajstić information content (AvgIpc) is 3.62. The third-order valence-electron chi connectivity index (χ3n) is 15.8. The van der Waals surface area contributed by atoms with Crippen molar-refractivity contribution in [1.29, 1.82) is 0 Å². The van der Waals surface area contributed by atoms with E-state index < -0.39 is 90.9 Å². The normalized spacial score (nSPS) is 55.5. The van der Waals surface area contributed by atoms with Gasteiger partial charge in [0.15, 0.2) is 18.9 Å². The van der Waals surface area contributed by atoms with Crippen LogP contribution in [-0.4, -0.2) is 135 Å². The SMILES string of the molecule is CC1OC(OC2C(O)CC(OC3C(O)CC(O[C@H]4CC[C@@]5(C)C(CC[C@@H]6[C@@H]5CC[C@]5(C)[C@@H](C7=CC(=O)OC7)[C@@H](O)C[C@]65O)C4)OC3C)OC2C)CC(O)C1O. The zero-order valence-electron chi connectivity index (χ0n) is 32.9. The number of hydrogen-bond donors (Lipinski definition) is 6. The number of fused-ring (bicyclic) bond motifs is 5. The lowest BCUT2D eigenvalue weighted by Crippen LogP contribution is -2.62. The summed E-state index contributed by atoms with van der Waals surface area (Å²) in [7, 11) is 0. The molecule has 0 spiro atoms. The lowest BCUT2D eigenvalue weighted by atomic mass is 9.43. The number of esters is 1. The van der Waals surface area contributed by atoms with Crippen molar-refractivity contribution < 1.29 is 68.6 Å². The Morgan fingerprint density at radius 2 is 1.29 bits per heavy atom. The molecule has 13 unspecified atom stereocenters. The maximum Gasteiger partial charge on any atom is 0.331 e. The lowest BCUT2D eigenvalue weighted by Gasteiger charge is -2.63. The molecule has 14 heteroatoms. The molecular formula is C41H64O14. The van der Waals surface area contributed by atoms with Crippen molar-refractivity contribution in [1.82, 2.24) is 0 Å². The fourth-order valence-electron chi connectivity index (χ4n) is 12.9. The van der Waals surface area contributed by atoms with Gasteiger partial charge in [-0.05, 0) is 94.5 Å². The van der Waals surface area contributed by atoms with Crippen LogP contribution in [0.1, 0.15) is 105 Å². The van der Waals surface area contributed by atoms with Crippen LogP contribution in [-0.2, 0) is 38.0 Å². The molecule has 3 saturated heterocycles. The van der Waals surface area contributed by atoms with E-state index in [1.807, 2.05) is 6.92 Å². The van der Waals surface area contributed by atoms with Crippen molar-refractivity contribution in [3.8, 4) is 0 Å². The Hall–Kier alpha value is -1.27. The quantitative estimate of drug-likeness (QED) is 0.162. The Morgan fingerprint density at radius 1 is 0.691 bits per heavy atom. The Kier molecular flexibility index (Phi) is 11.1. The van der Waals surface area contributed by atoms with Crippen molar-refractivity contribution >= 4 is 5.97 Å². The maximum atomic E-state index is 12.6. The van der Waals surface area contributed by atoms with E-state index in [0.29, 0.717) is 18.3 Å². The summed E-state index contributed by atoms with van der Waals surface area (Å²) in [5, 5.41) is 66.3. The summed E-state index contributed by atoms with van der Waals surface area (Å²) >= 11 is 0. The van der Waals surface area contributed by atoms with Gasteiger partial charge in [0, 0.05) is 43.1 Å². The van der Waals surface area contributed by atoms with E-state index in [1.165, 1.54) is 6.08 Å². The van der Waals surface area contributed by atoms with Crippen LogP contribution in [0.25, 0.3) is 0 Å². The van der Waals surface area contributed by atoms with Gasteiger partial charge in [-0.3, -0.25) is 0 Å². The van der Waals surface area contributed by atoms with E-state index in [9.17, 15) is 35.4 Å². The monoisotopic (exact) mass is 780 g/mol. The molecule has 0 bridgehead atoms. The predicted molar refractivity (Wildman–Crippen MR) is 193 cm³/mol. The highest BCUT2D eigenvalue weighted by atomic mass is 16.7. The van der Waals surface area contributed by atoms with Gasteiger partial charge >= 0.3 is 5.97 Å². The summed E-state index contributed by atoms with van der Waals surface area (Å²) in [5.74, 6) is 0.174. The van der Waals surface area contributed by atoms with Crippen molar-refractivity contribution in [2.75, 3.05) is 6.61 Å². The smallest absolute Gasteiger partial charge is 0.331 e. The van der Waals surface area contributed by atoms with E-state index in [1.54, 1.807) is 13.8 Å². The molecule has 55 heavy (non-hydrogen) atoms. The first-order valence-electron chi connectivity index (χ1n) is 20.9. The summed E-state index contributed by atoms with van der Waals surface area (Å²) in [6, 6.07) is 0. The van der Waals surface area contributed by atoms with Gasteiger partial charge in [0.1, 0.15) is 24.9 Å². The minimum Gasteiger partial charge on any atom is -0.458 e. The second-order valence-electron chi connectivity index (χ2n) is 18.9. The maximum absolute atomic E-state index is 12.6. The molecule has 4 aliphatic carbocycles. The molecule has 4 saturated carbocycles. The highest BCUT2D eigenvalue weighted by Gasteiger charge is 2.70. The Balaban J connectivity index is 0.834. The molecule has 8 rings (SSSR count). The highest BCUT2D eigenvalue weighted by molar-refractivity contribution is 5.85. The van der Waals surface area contributed by atoms with Crippen molar-refractivity contribution in [3.63, 3.8) is 0 Å². The fourth-order valence-corrected chi connectivity index (χ4v) is 12.9. The molecule has 21 atom stereocenters. The van der Waals surface area contributed by atoms with Crippen LogP contribution < -0.4 is 0 Å². The number of carbonyl (C=O) groups is 1. The van der Waals surface area contributed by atoms with Crippen molar-refractivity contribution in [2.45, 2.75) is 197 Å². The highest BCUT2D eigenvalue weighted by Crippen LogP contribution is 2.70. The van der Waals surface area contributed by atoms with Gasteiger partial charge in [-0.15, -0.1) is 0 Å². The molecule has 8 aliphatic rings. The number of hydrogen-bond acceptors (Lipinski definition) is 14. The number of cyclic esters (lactones) is 1.